The zero-order valence-corrected chi connectivity index (χ0v) is 12.2. The number of nitrogens with one attached hydrogen (secondary N) is 2. The molecular formula is C15H20N4O2. The van der Waals surface area contributed by atoms with Gasteiger partial charge >= 0.3 is 6.03 Å². The van der Waals surface area contributed by atoms with E-state index >= 15 is 0 Å². The zero-order chi connectivity index (χ0) is 15.2. The number of urea groups is 1. The maximum Gasteiger partial charge on any atom is 0.315 e. The van der Waals surface area contributed by atoms with Gasteiger partial charge in [0.1, 0.15) is 0 Å². The van der Waals surface area contributed by atoms with E-state index in [1.165, 1.54) is 0 Å². The lowest BCUT2D eigenvalue weighted by Gasteiger charge is -2.19. The normalized spacial score (nSPS) is 13.5. The summed E-state index contributed by atoms with van der Waals surface area (Å²) in [5.41, 5.74) is 1.89. The molecule has 0 spiro atoms. The third kappa shape index (κ3) is 3.82. The van der Waals surface area contributed by atoms with Gasteiger partial charge in [0.05, 0.1) is 24.4 Å². The van der Waals surface area contributed by atoms with E-state index in [1.807, 2.05) is 43.5 Å². The van der Waals surface area contributed by atoms with E-state index in [0.717, 1.165) is 11.3 Å². The second-order valence-electron chi connectivity index (χ2n) is 4.93. The van der Waals surface area contributed by atoms with Crippen molar-refractivity contribution in [3.8, 4) is 5.69 Å². The van der Waals surface area contributed by atoms with Crippen molar-refractivity contribution >= 4 is 6.03 Å². The fraction of sp³-hybridized carbons (Fsp3) is 0.333. The SMILES string of the molecule is CC(CO)NC(=O)NC(C)c1ccccc1-n1cccn1. The molecule has 21 heavy (non-hydrogen) atoms. The Morgan fingerprint density at radius 3 is 2.71 bits per heavy atom. The number of hydrogen-bond acceptors (Lipinski definition) is 3. The smallest absolute Gasteiger partial charge is 0.315 e. The molecule has 0 saturated carbocycles. The van der Waals surface area contributed by atoms with Gasteiger partial charge in [-0.1, -0.05) is 18.2 Å². The van der Waals surface area contributed by atoms with Gasteiger partial charge in [-0.05, 0) is 31.5 Å². The average Bonchev–Trinajstić information content (AvgIpc) is 3.01. The minimum absolute atomic E-state index is 0.0916. The standard InChI is InChI=1S/C15H20N4O2/c1-11(10-20)17-15(21)18-12(2)13-6-3-4-7-14(13)19-9-5-8-16-19/h3-9,11-12,20H,10H2,1-2H3,(H2,17,18,21). The highest BCUT2D eigenvalue weighted by molar-refractivity contribution is 5.74. The van der Waals surface area contributed by atoms with Crippen molar-refractivity contribution in [2.24, 2.45) is 0 Å². The van der Waals surface area contributed by atoms with Gasteiger partial charge in [0.25, 0.3) is 0 Å². The molecule has 0 aliphatic heterocycles. The van der Waals surface area contributed by atoms with Crippen LogP contribution in [0, 0.1) is 0 Å². The number of carbonyl (C=O) groups is 1. The van der Waals surface area contributed by atoms with E-state index in [9.17, 15) is 4.79 Å². The summed E-state index contributed by atoms with van der Waals surface area (Å²) in [5.74, 6) is 0. The van der Waals surface area contributed by atoms with Crippen LogP contribution in [0.15, 0.2) is 42.7 Å². The van der Waals surface area contributed by atoms with Crippen molar-refractivity contribution in [1.82, 2.24) is 20.4 Å². The van der Waals surface area contributed by atoms with Crippen LogP contribution in [0.4, 0.5) is 4.79 Å². The van der Waals surface area contributed by atoms with Gasteiger partial charge in [0.2, 0.25) is 0 Å². The first-order valence-electron chi connectivity index (χ1n) is 6.88. The Bertz CT molecular complexity index is 583. The topological polar surface area (TPSA) is 79.2 Å². The Morgan fingerprint density at radius 2 is 2.05 bits per heavy atom. The number of hydrogen-bond donors (Lipinski definition) is 3. The maximum absolute atomic E-state index is 11.8. The average molecular weight is 288 g/mol. The summed E-state index contributed by atoms with van der Waals surface area (Å²) in [7, 11) is 0. The van der Waals surface area contributed by atoms with E-state index in [2.05, 4.69) is 15.7 Å². The molecule has 1 aromatic carbocycles. The lowest BCUT2D eigenvalue weighted by Crippen LogP contribution is -2.43. The van der Waals surface area contributed by atoms with E-state index < -0.39 is 0 Å². The van der Waals surface area contributed by atoms with Crippen LogP contribution in [0.5, 0.6) is 0 Å². The summed E-state index contributed by atoms with van der Waals surface area (Å²) >= 11 is 0. The Morgan fingerprint density at radius 1 is 1.29 bits per heavy atom. The molecule has 112 valence electrons. The quantitative estimate of drug-likeness (QED) is 0.782. The van der Waals surface area contributed by atoms with Gasteiger partial charge in [-0.2, -0.15) is 5.10 Å². The molecule has 3 N–H and O–H groups in total. The Balaban J connectivity index is 2.13. The molecule has 2 aromatic rings. The summed E-state index contributed by atoms with van der Waals surface area (Å²) in [6.07, 6.45) is 3.57. The largest absolute Gasteiger partial charge is 0.394 e. The van der Waals surface area contributed by atoms with Gasteiger partial charge in [-0.15, -0.1) is 0 Å². The van der Waals surface area contributed by atoms with E-state index in [1.54, 1.807) is 17.8 Å². The number of aliphatic hydroxyl groups is 1. The molecule has 0 aliphatic carbocycles. The molecule has 0 bridgehead atoms. The van der Waals surface area contributed by atoms with E-state index in [-0.39, 0.29) is 24.7 Å². The van der Waals surface area contributed by atoms with Gasteiger partial charge in [-0.25, -0.2) is 9.48 Å². The van der Waals surface area contributed by atoms with Crippen molar-refractivity contribution in [2.45, 2.75) is 25.9 Å². The molecule has 0 saturated heterocycles. The highest BCUT2D eigenvalue weighted by Gasteiger charge is 2.15. The Hall–Kier alpha value is -2.34. The third-order valence-electron chi connectivity index (χ3n) is 3.15. The molecule has 6 heteroatoms. The summed E-state index contributed by atoms with van der Waals surface area (Å²) in [6, 6.07) is 8.85. The van der Waals surface area contributed by atoms with Crippen LogP contribution in [0.2, 0.25) is 0 Å². The molecule has 2 unspecified atom stereocenters. The highest BCUT2D eigenvalue weighted by Crippen LogP contribution is 2.20. The zero-order valence-electron chi connectivity index (χ0n) is 12.2. The van der Waals surface area contributed by atoms with Crippen molar-refractivity contribution in [2.75, 3.05) is 6.61 Å². The number of nitrogens with zero attached hydrogens (tertiary/aromatic N) is 2. The lowest BCUT2D eigenvalue weighted by molar-refractivity contribution is 0.218. The Labute approximate surface area is 123 Å². The molecule has 1 heterocycles. The second kappa shape index (κ2) is 6.90. The van der Waals surface area contributed by atoms with Crippen LogP contribution in [-0.2, 0) is 0 Å². The summed E-state index contributed by atoms with van der Waals surface area (Å²) in [5, 5.41) is 18.7. The van der Waals surface area contributed by atoms with Crippen molar-refractivity contribution in [1.29, 1.82) is 0 Å². The number of aliphatic hydroxyl groups excluding tert-OH is 1. The van der Waals surface area contributed by atoms with Crippen LogP contribution in [0.3, 0.4) is 0 Å². The minimum Gasteiger partial charge on any atom is -0.394 e. The van der Waals surface area contributed by atoms with Gasteiger partial charge < -0.3 is 15.7 Å². The molecule has 2 amide bonds. The number of amides is 2. The van der Waals surface area contributed by atoms with Crippen LogP contribution >= 0.6 is 0 Å². The van der Waals surface area contributed by atoms with Gasteiger partial charge in [-0.3, -0.25) is 0 Å². The maximum atomic E-state index is 11.8. The lowest BCUT2D eigenvalue weighted by atomic mass is 10.1. The molecule has 1 aromatic heterocycles. The number of benzene rings is 1. The molecule has 0 radical (unpaired) electrons. The first-order valence-corrected chi connectivity index (χ1v) is 6.88. The van der Waals surface area contributed by atoms with Crippen molar-refractivity contribution in [3.05, 3.63) is 48.3 Å². The first kappa shape index (κ1) is 15.1. The van der Waals surface area contributed by atoms with Crippen LogP contribution in [0.25, 0.3) is 5.69 Å². The van der Waals surface area contributed by atoms with Gasteiger partial charge in [0, 0.05) is 12.4 Å². The summed E-state index contributed by atoms with van der Waals surface area (Å²) in [4.78, 5) is 11.8. The number of carbonyl (C=O) groups excluding carboxylic acids is 1. The molecule has 0 aliphatic rings. The predicted octanol–water partition coefficient (Wildman–Crippen LogP) is 1.61. The summed E-state index contributed by atoms with van der Waals surface area (Å²) < 4.78 is 1.77. The van der Waals surface area contributed by atoms with Crippen molar-refractivity contribution < 1.29 is 9.90 Å². The van der Waals surface area contributed by atoms with Crippen molar-refractivity contribution in [3.63, 3.8) is 0 Å². The minimum atomic E-state index is -0.306. The van der Waals surface area contributed by atoms with Crippen LogP contribution in [0.1, 0.15) is 25.5 Å². The van der Waals surface area contributed by atoms with Crippen LogP contribution in [-0.4, -0.2) is 33.6 Å². The monoisotopic (exact) mass is 288 g/mol. The van der Waals surface area contributed by atoms with E-state index in [4.69, 9.17) is 5.11 Å². The fourth-order valence-corrected chi connectivity index (χ4v) is 2.06. The Kier molecular flexibility index (Phi) is 4.94. The van der Waals surface area contributed by atoms with Gasteiger partial charge in [0.15, 0.2) is 0 Å². The second-order valence-corrected chi connectivity index (χ2v) is 4.93. The molecule has 6 nitrogen and oxygen atoms in total. The van der Waals surface area contributed by atoms with E-state index in [0.29, 0.717) is 0 Å². The number of para-hydroxylation sites is 1. The molecular weight excluding hydrogens is 268 g/mol. The third-order valence-corrected chi connectivity index (χ3v) is 3.15. The number of aromatic nitrogens is 2. The fourth-order valence-electron chi connectivity index (χ4n) is 2.06. The van der Waals surface area contributed by atoms with Crippen LogP contribution < -0.4 is 10.6 Å². The first-order chi connectivity index (χ1) is 10.1. The molecule has 2 atom stereocenters. The highest BCUT2D eigenvalue weighted by atomic mass is 16.3. The number of rotatable bonds is 5. The molecule has 2 rings (SSSR count). The predicted molar refractivity (Wildman–Crippen MR) is 80.2 cm³/mol. The summed E-state index contributed by atoms with van der Waals surface area (Å²) in [6.45, 7) is 3.55. The molecule has 0 fully saturated rings.